The predicted octanol–water partition coefficient (Wildman–Crippen LogP) is 3.14. The summed E-state index contributed by atoms with van der Waals surface area (Å²) in [5.41, 5.74) is 3.11. The zero-order valence-electron chi connectivity index (χ0n) is 8.17. The van der Waals surface area contributed by atoms with Crippen LogP contribution < -0.4 is 0 Å². The molecule has 0 amide bonds. The molecule has 1 aromatic rings. The minimum absolute atomic E-state index is 0.703. The van der Waals surface area contributed by atoms with Crippen molar-refractivity contribution in [2.24, 2.45) is 0 Å². The van der Waals surface area contributed by atoms with Crippen molar-refractivity contribution < 1.29 is 0 Å². The normalized spacial score (nSPS) is 25.9. The van der Waals surface area contributed by atoms with Gasteiger partial charge in [-0.3, -0.25) is 4.90 Å². The van der Waals surface area contributed by atoms with Gasteiger partial charge in [-0.2, -0.15) is 0 Å². The third-order valence-corrected chi connectivity index (χ3v) is 4.19. The van der Waals surface area contributed by atoms with Crippen LogP contribution in [-0.2, 0) is 6.42 Å². The van der Waals surface area contributed by atoms with E-state index in [1.54, 1.807) is 11.1 Å². The lowest BCUT2D eigenvalue weighted by molar-refractivity contribution is 0.118. The zero-order chi connectivity index (χ0) is 9.54. The second-order valence-corrected chi connectivity index (χ2v) is 5.11. The van der Waals surface area contributed by atoms with E-state index in [1.807, 2.05) is 0 Å². The van der Waals surface area contributed by atoms with Crippen molar-refractivity contribution >= 4 is 15.9 Å². The fourth-order valence-electron chi connectivity index (χ4n) is 2.63. The van der Waals surface area contributed by atoms with Gasteiger partial charge in [0.15, 0.2) is 0 Å². The van der Waals surface area contributed by atoms with E-state index < -0.39 is 0 Å². The molecule has 1 aliphatic carbocycles. The molecule has 14 heavy (non-hydrogen) atoms. The number of hydrogen-bond acceptors (Lipinski definition) is 1. The molecule has 0 bridgehead atoms. The third kappa shape index (κ3) is 1.24. The van der Waals surface area contributed by atoms with Crippen LogP contribution in [0.25, 0.3) is 0 Å². The summed E-state index contributed by atoms with van der Waals surface area (Å²) >= 11 is 3.68. The number of benzene rings is 1. The van der Waals surface area contributed by atoms with Gasteiger partial charge in [-0.05, 0) is 49.5 Å². The number of fused-ring (bicyclic) bond motifs is 1. The Labute approximate surface area is 93.2 Å². The number of rotatable bonds is 1. The van der Waals surface area contributed by atoms with E-state index in [2.05, 4.69) is 39.0 Å². The molecule has 1 aromatic carbocycles. The summed E-state index contributed by atoms with van der Waals surface area (Å²) in [5.74, 6) is 0. The van der Waals surface area contributed by atoms with Crippen molar-refractivity contribution in [3.05, 3.63) is 33.8 Å². The van der Waals surface area contributed by atoms with E-state index in [-0.39, 0.29) is 0 Å². The van der Waals surface area contributed by atoms with Crippen LogP contribution in [0.2, 0.25) is 0 Å². The molecule has 1 heterocycles. The number of likely N-dealkylation sites (tertiary alicyclic amines) is 1. The first-order chi connectivity index (χ1) is 6.86. The van der Waals surface area contributed by atoms with Gasteiger partial charge in [-0.15, -0.1) is 0 Å². The highest BCUT2D eigenvalue weighted by Gasteiger charge is 2.32. The van der Waals surface area contributed by atoms with Crippen LogP contribution in [0.1, 0.15) is 30.0 Å². The fraction of sp³-hybridized carbons (Fsp3) is 0.500. The lowest BCUT2D eigenvalue weighted by Gasteiger charge is -2.37. The first-order valence-electron chi connectivity index (χ1n) is 5.37. The molecular formula is C12H14BrN. The average Bonchev–Trinajstić information content (AvgIpc) is 2.47. The van der Waals surface area contributed by atoms with Crippen molar-refractivity contribution in [1.29, 1.82) is 0 Å². The highest BCUT2D eigenvalue weighted by molar-refractivity contribution is 9.10. The molecule has 1 nitrogen and oxygen atoms in total. The Morgan fingerprint density at radius 1 is 1.29 bits per heavy atom. The largest absolute Gasteiger partial charge is 0.296 e. The van der Waals surface area contributed by atoms with Crippen molar-refractivity contribution in [3.8, 4) is 0 Å². The minimum atomic E-state index is 0.703. The highest BCUT2D eigenvalue weighted by atomic mass is 79.9. The van der Waals surface area contributed by atoms with Crippen molar-refractivity contribution in [1.82, 2.24) is 4.90 Å². The zero-order valence-corrected chi connectivity index (χ0v) is 9.76. The maximum atomic E-state index is 3.68. The van der Waals surface area contributed by atoms with E-state index in [4.69, 9.17) is 0 Å². The Bertz CT molecular complexity index is 357. The summed E-state index contributed by atoms with van der Waals surface area (Å²) in [6.45, 7) is 2.59. The van der Waals surface area contributed by atoms with E-state index in [0.29, 0.717) is 6.04 Å². The summed E-state index contributed by atoms with van der Waals surface area (Å²) in [6, 6.07) is 7.31. The van der Waals surface area contributed by atoms with Crippen LogP contribution in [0.15, 0.2) is 22.7 Å². The first kappa shape index (κ1) is 8.93. The van der Waals surface area contributed by atoms with Gasteiger partial charge in [-0.1, -0.05) is 28.1 Å². The topological polar surface area (TPSA) is 3.24 Å². The molecule has 2 aliphatic rings. The molecule has 1 aliphatic heterocycles. The summed E-state index contributed by atoms with van der Waals surface area (Å²) in [6.07, 6.45) is 3.96. The third-order valence-electron chi connectivity index (χ3n) is 3.49. The molecular weight excluding hydrogens is 238 g/mol. The average molecular weight is 252 g/mol. The monoisotopic (exact) mass is 251 g/mol. The molecule has 0 spiro atoms. The molecule has 1 fully saturated rings. The Morgan fingerprint density at radius 2 is 2.14 bits per heavy atom. The van der Waals surface area contributed by atoms with Crippen molar-refractivity contribution in [2.45, 2.75) is 25.3 Å². The van der Waals surface area contributed by atoms with Crippen LogP contribution in [0.4, 0.5) is 0 Å². The lowest BCUT2D eigenvalue weighted by Crippen LogP contribution is -2.39. The van der Waals surface area contributed by atoms with Gasteiger partial charge in [0, 0.05) is 10.5 Å². The van der Waals surface area contributed by atoms with Crippen LogP contribution in [-0.4, -0.2) is 18.0 Å². The van der Waals surface area contributed by atoms with Gasteiger partial charge in [-0.25, -0.2) is 0 Å². The van der Waals surface area contributed by atoms with Crippen LogP contribution >= 0.6 is 15.9 Å². The molecule has 74 valence electrons. The van der Waals surface area contributed by atoms with E-state index >= 15 is 0 Å². The SMILES string of the molecule is Brc1cccc2c1C(N1CCC1)CC2. The standard InChI is InChI=1S/C12H14BrN/c13-10-4-1-3-9-5-6-11(12(9)10)14-7-2-8-14/h1,3-4,11H,2,5-8H2. The summed E-state index contributed by atoms with van der Waals surface area (Å²) < 4.78 is 1.31. The maximum absolute atomic E-state index is 3.68. The molecule has 1 atom stereocenters. The molecule has 0 aromatic heterocycles. The Morgan fingerprint density at radius 3 is 2.86 bits per heavy atom. The summed E-state index contributed by atoms with van der Waals surface area (Å²) in [4.78, 5) is 2.61. The number of nitrogens with zero attached hydrogens (tertiary/aromatic N) is 1. The van der Waals surface area contributed by atoms with Crippen LogP contribution in [0.5, 0.6) is 0 Å². The van der Waals surface area contributed by atoms with E-state index in [1.165, 1.54) is 36.8 Å². The van der Waals surface area contributed by atoms with Gasteiger partial charge >= 0.3 is 0 Å². The number of aryl methyl sites for hydroxylation is 1. The molecule has 2 heteroatoms. The second kappa shape index (κ2) is 3.35. The van der Waals surface area contributed by atoms with Gasteiger partial charge < -0.3 is 0 Å². The Kier molecular flexibility index (Phi) is 2.14. The van der Waals surface area contributed by atoms with Gasteiger partial charge in [0.2, 0.25) is 0 Å². The summed E-state index contributed by atoms with van der Waals surface area (Å²) in [7, 11) is 0. The van der Waals surface area contributed by atoms with Gasteiger partial charge in [0.25, 0.3) is 0 Å². The van der Waals surface area contributed by atoms with Crippen molar-refractivity contribution in [2.75, 3.05) is 13.1 Å². The van der Waals surface area contributed by atoms with Crippen LogP contribution in [0.3, 0.4) is 0 Å². The molecule has 0 radical (unpaired) electrons. The minimum Gasteiger partial charge on any atom is -0.296 e. The van der Waals surface area contributed by atoms with Crippen molar-refractivity contribution in [3.63, 3.8) is 0 Å². The van der Waals surface area contributed by atoms with Gasteiger partial charge in [0.05, 0.1) is 0 Å². The fourth-order valence-corrected chi connectivity index (χ4v) is 3.30. The number of hydrogen-bond donors (Lipinski definition) is 0. The Balaban J connectivity index is 1.99. The second-order valence-electron chi connectivity index (χ2n) is 4.26. The van der Waals surface area contributed by atoms with Crippen LogP contribution in [0, 0.1) is 0 Å². The molecule has 0 N–H and O–H groups in total. The number of halogens is 1. The first-order valence-corrected chi connectivity index (χ1v) is 6.17. The maximum Gasteiger partial charge on any atom is 0.0365 e. The predicted molar refractivity (Wildman–Crippen MR) is 61.4 cm³/mol. The quantitative estimate of drug-likeness (QED) is 0.742. The van der Waals surface area contributed by atoms with E-state index in [0.717, 1.165) is 0 Å². The molecule has 0 saturated carbocycles. The Hall–Kier alpha value is -0.340. The summed E-state index contributed by atoms with van der Waals surface area (Å²) in [5, 5.41) is 0. The molecule has 1 unspecified atom stereocenters. The molecule has 3 rings (SSSR count). The van der Waals surface area contributed by atoms with Gasteiger partial charge in [0.1, 0.15) is 0 Å². The highest BCUT2D eigenvalue weighted by Crippen LogP contribution is 2.41. The van der Waals surface area contributed by atoms with E-state index in [9.17, 15) is 0 Å². The molecule has 1 saturated heterocycles. The smallest absolute Gasteiger partial charge is 0.0365 e. The lowest BCUT2D eigenvalue weighted by atomic mass is 10.0.